The zero-order chi connectivity index (χ0) is 18.8. The quantitative estimate of drug-likeness (QED) is 0.581. The number of carbonyl (C=O) groups is 1. The highest BCUT2D eigenvalue weighted by molar-refractivity contribution is 6.05. The third-order valence-corrected chi connectivity index (χ3v) is 4.46. The molecule has 0 spiro atoms. The van der Waals surface area contributed by atoms with Crippen LogP contribution in [-0.4, -0.2) is 22.6 Å². The first-order valence-electron chi connectivity index (χ1n) is 8.64. The largest absolute Gasteiger partial charge is 0.495 e. The van der Waals surface area contributed by atoms with Crippen LogP contribution in [0.1, 0.15) is 15.9 Å². The topological polar surface area (TPSA) is 56.1 Å². The molecule has 0 bridgehead atoms. The summed E-state index contributed by atoms with van der Waals surface area (Å²) in [7, 11) is 1.65. The lowest BCUT2D eigenvalue weighted by Gasteiger charge is -2.10. The Hall–Kier alpha value is -3.60. The van der Waals surface area contributed by atoms with Crippen LogP contribution in [0.2, 0.25) is 0 Å². The molecule has 4 aromatic rings. The van der Waals surface area contributed by atoms with Gasteiger partial charge in [-0.15, -0.1) is 0 Å². The number of methoxy groups -OCH3 is 1. The first-order valence-corrected chi connectivity index (χ1v) is 8.64. The number of amides is 1. The molecule has 0 atom stereocenters. The Labute approximate surface area is 157 Å². The number of rotatable bonds is 4. The Bertz CT molecular complexity index is 1110. The van der Waals surface area contributed by atoms with E-state index in [2.05, 4.69) is 10.3 Å². The minimum Gasteiger partial charge on any atom is -0.495 e. The molecule has 1 aromatic heterocycles. The van der Waals surface area contributed by atoms with Gasteiger partial charge in [0.15, 0.2) is 0 Å². The first kappa shape index (κ1) is 16.8. The molecule has 0 radical (unpaired) electrons. The minimum atomic E-state index is -0.140. The van der Waals surface area contributed by atoms with Crippen molar-refractivity contribution in [1.29, 1.82) is 0 Å². The molecule has 134 valence electrons. The number of carbonyl (C=O) groups excluding carboxylic acids is 1. The molecule has 1 N–H and O–H groups in total. The summed E-state index contributed by atoms with van der Waals surface area (Å²) >= 11 is 0. The Morgan fingerprint density at radius 3 is 2.59 bits per heavy atom. The van der Waals surface area contributed by atoms with Crippen molar-refractivity contribution in [3.8, 4) is 11.4 Å². The van der Waals surface area contributed by atoms with Gasteiger partial charge in [-0.05, 0) is 49.4 Å². The van der Waals surface area contributed by atoms with Crippen LogP contribution in [0.5, 0.6) is 5.75 Å². The molecule has 0 fully saturated rings. The standard InChI is InChI=1S/C22H19N3O2/c1-15-7-9-16(10-8-15)22(26)24-17-11-12-19-18(13-17)23-14-25(19)20-5-3-4-6-21(20)27-2/h3-14H,1-2H3,(H,24,26). The molecule has 0 saturated carbocycles. The lowest BCUT2D eigenvalue weighted by Crippen LogP contribution is -2.11. The van der Waals surface area contributed by atoms with Gasteiger partial charge in [0.2, 0.25) is 0 Å². The number of anilines is 1. The summed E-state index contributed by atoms with van der Waals surface area (Å²) in [6.45, 7) is 1.99. The lowest BCUT2D eigenvalue weighted by atomic mass is 10.1. The minimum absolute atomic E-state index is 0.140. The summed E-state index contributed by atoms with van der Waals surface area (Å²) in [5.41, 5.74) is 5.10. The number of ether oxygens (including phenoxy) is 1. The number of aryl methyl sites for hydroxylation is 1. The summed E-state index contributed by atoms with van der Waals surface area (Å²) in [5.74, 6) is 0.632. The van der Waals surface area contributed by atoms with Gasteiger partial charge in [-0.3, -0.25) is 9.36 Å². The van der Waals surface area contributed by atoms with E-state index in [-0.39, 0.29) is 5.91 Å². The summed E-state index contributed by atoms with van der Waals surface area (Å²) in [6.07, 6.45) is 1.76. The maximum Gasteiger partial charge on any atom is 0.255 e. The van der Waals surface area contributed by atoms with E-state index in [9.17, 15) is 4.79 Å². The number of nitrogens with one attached hydrogen (secondary N) is 1. The van der Waals surface area contributed by atoms with E-state index in [0.717, 1.165) is 28.0 Å². The van der Waals surface area contributed by atoms with Crippen molar-refractivity contribution in [3.63, 3.8) is 0 Å². The molecule has 1 amide bonds. The van der Waals surface area contributed by atoms with Crippen molar-refractivity contribution in [3.05, 3.63) is 84.2 Å². The van der Waals surface area contributed by atoms with E-state index in [0.29, 0.717) is 11.3 Å². The van der Waals surface area contributed by atoms with Gasteiger partial charge in [0.05, 0.1) is 23.8 Å². The van der Waals surface area contributed by atoms with Crippen LogP contribution in [0.15, 0.2) is 73.1 Å². The van der Waals surface area contributed by atoms with Crippen molar-refractivity contribution in [2.75, 3.05) is 12.4 Å². The van der Waals surface area contributed by atoms with Gasteiger partial charge in [-0.2, -0.15) is 0 Å². The van der Waals surface area contributed by atoms with Crippen LogP contribution < -0.4 is 10.1 Å². The highest BCUT2D eigenvalue weighted by atomic mass is 16.5. The van der Waals surface area contributed by atoms with E-state index < -0.39 is 0 Å². The number of imidazole rings is 1. The van der Waals surface area contributed by atoms with Crippen LogP contribution in [0.4, 0.5) is 5.69 Å². The number of nitrogens with zero attached hydrogens (tertiary/aromatic N) is 2. The summed E-state index contributed by atoms with van der Waals surface area (Å²) in [5, 5.41) is 2.93. The normalized spacial score (nSPS) is 10.7. The van der Waals surface area contributed by atoms with Gasteiger partial charge in [0, 0.05) is 11.3 Å². The first-order chi connectivity index (χ1) is 13.2. The van der Waals surface area contributed by atoms with Crippen molar-refractivity contribution in [1.82, 2.24) is 9.55 Å². The SMILES string of the molecule is COc1ccccc1-n1cnc2cc(NC(=O)c3ccc(C)cc3)ccc21. The Balaban J connectivity index is 1.64. The predicted molar refractivity (Wildman–Crippen MR) is 107 cm³/mol. The molecule has 0 saturated heterocycles. The molecule has 27 heavy (non-hydrogen) atoms. The van der Waals surface area contributed by atoms with Gasteiger partial charge in [0.1, 0.15) is 12.1 Å². The maximum absolute atomic E-state index is 12.4. The predicted octanol–water partition coefficient (Wildman–Crippen LogP) is 4.59. The maximum atomic E-state index is 12.4. The van der Waals surface area contributed by atoms with Crippen LogP contribution in [0.3, 0.4) is 0 Å². The molecular weight excluding hydrogens is 338 g/mol. The Morgan fingerprint density at radius 1 is 1.04 bits per heavy atom. The highest BCUT2D eigenvalue weighted by Gasteiger charge is 2.11. The van der Waals surface area contributed by atoms with Crippen LogP contribution in [-0.2, 0) is 0 Å². The van der Waals surface area contributed by atoms with Crippen molar-refractivity contribution < 1.29 is 9.53 Å². The Kier molecular flexibility index (Phi) is 4.34. The van der Waals surface area contributed by atoms with Crippen LogP contribution in [0, 0.1) is 6.92 Å². The lowest BCUT2D eigenvalue weighted by molar-refractivity contribution is 0.102. The molecule has 5 nitrogen and oxygen atoms in total. The average molecular weight is 357 g/mol. The highest BCUT2D eigenvalue weighted by Crippen LogP contribution is 2.27. The van der Waals surface area contributed by atoms with Gasteiger partial charge < -0.3 is 10.1 Å². The molecule has 3 aromatic carbocycles. The second-order valence-corrected chi connectivity index (χ2v) is 6.31. The number of hydrogen-bond donors (Lipinski definition) is 1. The molecule has 0 unspecified atom stereocenters. The molecule has 0 aliphatic heterocycles. The smallest absolute Gasteiger partial charge is 0.255 e. The van der Waals surface area contributed by atoms with Crippen molar-refractivity contribution in [2.24, 2.45) is 0 Å². The molecule has 0 aliphatic rings. The number of para-hydroxylation sites is 2. The molecule has 4 rings (SSSR count). The second kappa shape index (κ2) is 6.96. The van der Waals surface area contributed by atoms with Gasteiger partial charge >= 0.3 is 0 Å². The fourth-order valence-corrected chi connectivity index (χ4v) is 3.02. The second-order valence-electron chi connectivity index (χ2n) is 6.31. The third-order valence-electron chi connectivity index (χ3n) is 4.46. The number of fused-ring (bicyclic) bond motifs is 1. The van der Waals surface area contributed by atoms with E-state index in [1.165, 1.54) is 0 Å². The summed E-state index contributed by atoms with van der Waals surface area (Å²) in [4.78, 5) is 16.9. The third kappa shape index (κ3) is 3.27. The zero-order valence-corrected chi connectivity index (χ0v) is 15.1. The summed E-state index contributed by atoms with van der Waals surface area (Å²) in [6, 6.07) is 21.0. The molecule has 0 aliphatic carbocycles. The van der Waals surface area contributed by atoms with Gasteiger partial charge in [0.25, 0.3) is 5.91 Å². The Morgan fingerprint density at radius 2 is 1.81 bits per heavy atom. The van der Waals surface area contributed by atoms with Crippen molar-refractivity contribution in [2.45, 2.75) is 6.92 Å². The molecule has 1 heterocycles. The summed E-state index contributed by atoms with van der Waals surface area (Å²) < 4.78 is 7.42. The number of aromatic nitrogens is 2. The fourth-order valence-electron chi connectivity index (χ4n) is 3.02. The van der Waals surface area contributed by atoms with Crippen LogP contribution >= 0.6 is 0 Å². The van der Waals surface area contributed by atoms with E-state index >= 15 is 0 Å². The van der Waals surface area contributed by atoms with Crippen molar-refractivity contribution >= 4 is 22.6 Å². The van der Waals surface area contributed by atoms with E-state index in [4.69, 9.17) is 4.74 Å². The van der Waals surface area contributed by atoms with E-state index in [1.54, 1.807) is 13.4 Å². The van der Waals surface area contributed by atoms with Gasteiger partial charge in [-0.25, -0.2) is 4.98 Å². The van der Waals surface area contributed by atoms with Gasteiger partial charge in [-0.1, -0.05) is 29.8 Å². The fraction of sp³-hybridized carbons (Fsp3) is 0.0909. The monoisotopic (exact) mass is 357 g/mol. The van der Waals surface area contributed by atoms with Crippen LogP contribution in [0.25, 0.3) is 16.7 Å². The zero-order valence-electron chi connectivity index (χ0n) is 15.1. The number of benzene rings is 3. The molecular formula is C22H19N3O2. The molecule has 5 heteroatoms. The number of hydrogen-bond acceptors (Lipinski definition) is 3. The van der Waals surface area contributed by atoms with E-state index in [1.807, 2.05) is 78.2 Å². The average Bonchev–Trinajstić information content (AvgIpc) is 3.11.